The van der Waals surface area contributed by atoms with Gasteiger partial charge in [-0.05, 0) is 41.8 Å². The van der Waals surface area contributed by atoms with Gasteiger partial charge in [0, 0.05) is 12.8 Å². The second-order valence-corrected chi connectivity index (χ2v) is 5.76. The molecule has 126 valence electrons. The SMILES string of the molecule is COc1ccc(COc2ccc(CC3CCC(=O)O3)cc2)cc1F. The van der Waals surface area contributed by atoms with E-state index in [1.807, 2.05) is 24.3 Å². The first-order valence-corrected chi connectivity index (χ1v) is 7.87. The molecule has 0 N–H and O–H groups in total. The topological polar surface area (TPSA) is 44.8 Å². The third-order valence-corrected chi connectivity index (χ3v) is 3.98. The lowest BCUT2D eigenvalue weighted by Gasteiger charge is -2.11. The lowest BCUT2D eigenvalue weighted by molar-refractivity contribution is -0.141. The summed E-state index contributed by atoms with van der Waals surface area (Å²) in [5.41, 5.74) is 1.83. The van der Waals surface area contributed by atoms with E-state index in [1.54, 1.807) is 12.1 Å². The van der Waals surface area contributed by atoms with Gasteiger partial charge in [-0.3, -0.25) is 4.79 Å². The average molecular weight is 330 g/mol. The lowest BCUT2D eigenvalue weighted by Crippen LogP contribution is -2.10. The van der Waals surface area contributed by atoms with Crippen molar-refractivity contribution in [2.24, 2.45) is 0 Å². The summed E-state index contributed by atoms with van der Waals surface area (Å²) in [6.45, 7) is 0.278. The number of carbonyl (C=O) groups excluding carboxylic acids is 1. The van der Waals surface area contributed by atoms with Crippen LogP contribution < -0.4 is 9.47 Å². The molecule has 1 aliphatic heterocycles. The minimum Gasteiger partial charge on any atom is -0.494 e. The third kappa shape index (κ3) is 4.04. The summed E-state index contributed by atoms with van der Waals surface area (Å²) in [7, 11) is 1.43. The largest absolute Gasteiger partial charge is 0.494 e. The zero-order chi connectivity index (χ0) is 16.9. The second kappa shape index (κ2) is 7.34. The highest BCUT2D eigenvalue weighted by Crippen LogP contribution is 2.22. The molecule has 1 heterocycles. The number of esters is 1. The number of ether oxygens (including phenoxy) is 3. The first-order valence-electron chi connectivity index (χ1n) is 7.87. The van der Waals surface area contributed by atoms with Crippen molar-refractivity contribution in [1.82, 2.24) is 0 Å². The van der Waals surface area contributed by atoms with E-state index >= 15 is 0 Å². The molecule has 1 saturated heterocycles. The highest BCUT2D eigenvalue weighted by atomic mass is 19.1. The molecule has 2 aromatic carbocycles. The molecule has 0 amide bonds. The van der Waals surface area contributed by atoms with Gasteiger partial charge in [0.05, 0.1) is 7.11 Å². The third-order valence-electron chi connectivity index (χ3n) is 3.98. The van der Waals surface area contributed by atoms with Crippen LogP contribution in [0.1, 0.15) is 24.0 Å². The first kappa shape index (κ1) is 16.3. The van der Waals surface area contributed by atoms with Crippen LogP contribution in [0.25, 0.3) is 0 Å². The Kier molecular flexibility index (Phi) is 4.99. The van der Waals surface area contributed by atoms with Crippen LogP contribution in [0.4, 0.5) is 4.39 Å². The van der Waals surface area contributed by atoms with Crippen molar-refractivity contribution in [3.8, 4) is 11.5 Å². The molecule has 0 aromatic heterocycles. The number of rotatable bonds is 6. The predicted molar refractivity (Wildman–Crippen MR) is 86.5 cm³/mol. The maximum atomic E-state index is 13.6. The molecule has 0 spiro atoms. The molecular formula is C19H19FO4. The van der Waals surface area contributed by atoms with Crippen LogP contribution in [0, 0.1) is 5.82 Å². The van der Waals surface area contributed by atoms with E-state index in [9.17, 15) is 9.18 Å². The Morgan fingerprint density at radius 1 is 1.17 bits per heavy atom. The smallest absolute Gasteiger partial charge is 0.306 e. The van der Waals surface area contributed by atoms with Crippen LogP contribution in [0.15, 0.2) is 42.5 Å². The van der Waals surface area contributed by atoms with E-state index in [0.717, 1.165) is 24.0 Å². The second-order valence-electron chi connectivity index (χ2n) is 5.76. The van der Waals surface area contributed by atoms with Gasteiger partial charge in [0.1, 0.15) is 18.5 Å². The highest BCUT2D eigenvalue weighted by molar-refractivity contribution is 5.71. The molecule has 5 heteroatoms. The highest BCUT2D eigenvalue weighted by Gasteiger charge is 2.23. The molecule has 1 aliphatic rings. The van der Waals surface area contributed by atoms with E-state index in [1.165, 1.54) is 13.2 Å². The molecule has 1 fully saturated rings. The maximum absolute atomic E-state index is 13.6. The number of methoxy groups -OCH3 is 1. The summed E-state index contributed by atoms with van der Waals surface area (Å²) in [4.78, 5) is 11.1. The van der Waals surface area contributed by atoms with Gasteiger partial charge in [0.2, 0.25) is 0 Å². The maximum Gasteiger partial charge on any atom is 0.306 e. The number of cyclic esters (lactones) is 1. The van der Waals surface area contributed by atoms with Crippen LogP contribution in [-0.4, -0.2) is 19.2 Å². The average Bonchev–Trinajstić information content (AvgIpc) is 2.99. The monoisotopic (exact) mass is 330 g/mol. The van der Waals surface area contributed by atoms with Crippen LogP contribution in [-0.2, 0) is 22.6 Å². The van der Waals surface area contributed by atoms with Crippen molar-refractivity contribution in [3.05, 3.63) is 59.4 Å². The van der Waals surface area contributed by atoms with Crippen LogP contribution in [0.2, 0.25) is 0 Å². The molecule has 2 aromatic rings. The summed E-state index contributed by atoms with van der Waals surface area (Å²) in [6.07, 6.45) is 1.98. The fourth-order valence-corrected chi connectivity index (χ4v) is 2.68. The van der Waals surface area contributed by atoms with Gasteiger partial charge < -0.3 is 14.2 Å². The van der Waals surface area contributed by atoms with Crippen molar-refractivity contribution >= 4 is 5.97 Å². The molecule has 1 unspecified atom stereocenters. The molecule has 4 nitrogen and oxygen atoms in total. The van der Waals surface area contributed by atoms with E-state index in [-0.39, 0.29) is 24.4 Å². The standard InChI is InChI=1S/C19H19FO4/c1-22-18-8-4-14(11-17(18)20)12-23-15-5-2-13(3-6-15)10-16-7-9-19(21)24-16/h2-6,8,11,16H,7,9-10,12H2,1H3. The summed E-state index contributed by atoms with van der Waals surface area (Å²) >= 11 is 0. The lowest BCUT2D eigenvalue weighted by atomic mass is 10.1. The molecule has 0 radical (unpaired) electrons. The van der Waals surface area contributed by atoms with E-state index in [4.69, 9.17) is 14.2 Å². The first-order chi connectivity index (χ1) is 11.6. The van der Waals surface area contributed by atoms with Gasteiger partial charge >= 0.3 is 5.97 Å². The van der Waals surface area contributed by atoms with Crippen molar-refractivity contribution in [3.63, 3.8) is 0 Å². The number of halogens is 1. The minimum absolute atomic E-state index is 0.0217. The quantitative estimate of drug-likeness (QED) is 0.758. The zero-order valence-electron chi connectivity index (χ0n) is 13.5. The van der Waals surface area contributed by atoms with Gasteiger partial charge in [-0.1, -0.05) is 18.2 Å². The summed E-state index contributed by atoms with van der Waals surface area (Å²) < 4.78 is 29.4. The van der Waals surface area contributed by atoms with Gasteiger partial charge in [-0.2, -0.15) is 0 Å². The van der Waals surface area contributed by atoms with Crippen molar-refractivity contribution < 1.29 is 23.4 Å². The number of hydrogen-bond donors (Lipinski definition) is 0. The zero-order valence-corrected chi connectivity index (χ0v) is 13.5. The molecule has 24 heavy (non-hydrogen) atoms. The molecule has 0 saturated carbocycles. The number of carbonyl (C=O) groups is 1. The minimum atomic E-state index is -0.403. The molecule has 1 atom stereocenters. The number of hydrogen-bond acceptors (Lipinski definition) is 4. The van der Waals surface area contributed by atoms with Crippen LogP contribution in [0.5, 0.6) is 11.5 Å². The Labute approximate surface area is 140 Å². The van der Waals surface area contributed by atoms with Gasteiger partial charge in [-0.15, -0.1) is 0 Å². The number of benzene rings is 2. The molecule has 3 rings (SSSR count). The van der Waals surface area contributed by atoms with Crippen molar-refractivity contribution in [2.75, 3.05) is 7.11 Å². The Hall–Kier alpha value is -2.56. The molecule has 0 bridgehead atoms. The van der Waals surface area contributed by atoms with Crippen molar-refractivity contribution in [2.45, 2.75) is 32.0 Å². The van der Waals surface area contributed by atoms with Crippen molar-refractivity contribution in [1.29, 1.82) is 0 Å². The summed E-state index contributed by atoms with van der Waals surface area (Å²) in [5, 5.41) is 0. The van der Waals surface area contributed by atoms with Crippen LogP contribution >= 0.6 is 0 Å². The Morgan fingerprint density at radius 2 is 1.92 bits per heavy atom. The fourth-order valence-electron chi connectivity index (χ4n) is 2.68. The normalized spacial score (nSPS) is 16.8. The van der Waals surface area contributed by atoms with Crippen LogP contribution in [0.3, 0.4) is 0 Å². The Balaban J connectivity index is 1.54. The van der Waals surface area contributed by atoms with E-state index < -0.39 is 5.82 Å². The van der Waals surface area contributed by atoms with E-state index in [0.29, 0.717) is 12.2 Å². The fraction of sp³-hybridized carbons (Fsp3) is 0.316. The van der Waals surface area contributed by atoms with E-state index in [2.05, 4.69) is 0 Å². The molecule has 0 aliphatic carbocycles. The Morgan fingerprint density at radius 3 is 2.54 bits per heavy atom. The Bertz CT molecular complexity index is 712. The summed E-state index contributed by atoms with van der Waals surface area (Å²) in [6, 6.07) is 12.4. The predicted octanol–water partition coefficient (Wildman–Crippen LogP) is 3.66. The van der Waals surface area contributed by atoms with Gasteiger partial charge in [-0.25, -0.2) is 4.39 Å². The van der Waals surface area contributed by atoms with Gasteiger partial charge in [0.25, 0.3) is 0 Å². The summed E-state index contributed by atoms with van der Waals surface area (Å²) in [5.74, 6) is 0.404. The molecular weight excluding hydrogens is 311 g/mol. The van der Waals surface area contributed by atoms with Gasteiger partial charge in [0.15, 0.2) is 11.6 Å².